The van der Waals surface area contributed by atoms with E-state index in [0.717, 1.165) is 76.4 Å². The molecule has 59 heavy (non-hydrogen) atoms. The highest BCUT2D eigenvalue weighted by Crippen LogP contribution is 2.31. The van der Waals surface area contributed by atoms with E-state index < -0.39 is 11.9 Å². The van der Waals surface area contributed by atoms with Crippen molar-refractivity contribution in [1.29, 1.82) is 0 Å². The summed E-state index contributed by atoms with van der Waals surface area (Å²) in [6.45, 7) is 7.71. The molecule has 0 bridgehead atoms. The average molecular weight is 789 g/mol. The van der Waals surface area contributed by atoms with Gasteiger partial charge in [-0.25, -0.2) is 9.59 Å². The molecule has 0 radical (unpaired) electrons. The van der Waals surface area contributed by atoms with Gasteiger partial charge >= 0.3 is 11.9 Å². The highest BCUT2D eigenvalue weighted by molar-refractivity contribution is 5.96. The maximum Gasteiger partial charge on any atom is 0.343 e. The molecule has 6 aromatic carbocycles. The van der Waals surface area contributed by atoms with Crippen LogP contribution in [0.4, 0.5) is 11.4 Å². The molecule has 0 aliphatic rings. The molecule has 6 rings (SSSR count). The van der Waals surface area contributed by atoms with Gasteiger partial charge in [0.2, 0.25) is 0 Å². The van der Waals surface area contributed by atoms with Gasteiger partial charge in [-0.3, -0.25) is 9.98 Å². The molecule has 0 aromatic heterocycles. The van der Waals surface area contributed by atoms with Gasteiger partial charge in [-0.2, -0.15) is 0 Å². The summed E-state index contributed by atoms with van der Waals surface area (Å²) in [5.41, 5.74) is 4.89. The minimum absolute atomic E-state index is 0.382. The fraction of sp³-hybridized carbons (Fsp3) is 0.255. The number of aryl methyl sites for hydroxylation is 1. The lowest BCUT2D eigenvalue weighted by molar-refractivity contribution is 0.0725. The largest absolute Gasteiger partial charge is 0.494 e. The molecule has 0 unspecified atom stereocenters. The number of fused-ring (bicyclic) bond motifs is 1. The van der Waals surface area contributed by atoms with Crippen molar-refractivity contribution in [1.82, 2.24) is 0 Å². The van der Waals surface area contributed by atoms with Crippen molar-refractivity contribution < 1.29 is 28.5 Å². The number of rotatable bonds is 20. The van der Waals surface area contributed by atoms with Crippen LogP contribution in [0.1, 0.15) is 103 Å². The molecule has 0 heterocycles. The van der Waals surface area contributed by atoms with Gasteiger partial charge in [0.25, 0.3) is 0 Å². The van der Waals surface area contributed by atoms with Crippen LogP contribution in [0.25, 0.3) is 10.8 Å². The normalized spacial score (nSPS) is 11.3. The van der Waals surface area contributed by atoms with Crippen LogP contribution >= 0.6 is 0 Å². The number of esters is 2. The van der Waals surface area contributed by atoms with Gasteiger partial charge in [0.05, 0.1) is 35.7 Å². The summed E-state index contributed by atoms with van der Waals surface area (Å²) < 4.78 is 23.2. The number of hydrogen-bond acceptors (Lipinski definition) is 8. The molecule has 6 aromatic rings. The zero-order valence-electron chi connectivity index (χ0n) is 34.2. The Hall–Kier alpha value is -6.54. The van der Waals surface area contributed by atoms with E-state index in [1.54, 1.807) is 54.9 Å². The molecule has 0 saturated carbocycles. The Balaban J connectivity index is 1.00. The Morgan fingerprint density at radius 2 is 0.966 bits per heavy atom. The molecule has 8 heteroatoms. The highest BCUT2D eigenvalue weighted by Gasteiger charge is 2.14. The van der Waals surface area contributed by atoms with Crippen molar-refractivity contribution in [3.8, 4) is 23.0 Å². The van der Waals surface area contributed by atoms with Crippen molar-refractivity contribution in [2.45, 2.75) is 72.1 Å². The van der Waals surface area contributed by atoms with Crippen LogP contribution in [0.5, 0.6) is 23.0 Å². The van der Waals surface area contributed by atoms with Crippen LogP contribution in [0.3, 0.4) is 0 Å². The van der Waals surface area contributed by atoms with E-state index in [9.17, 15) is 9.59 Å². The summed E-state index contributed by atoms with van der Waals surface area (Å²) in [6, 6.07) is 38.6. The number of carbonyl (C=O) groups excluding carboxylic acids is 2. The van der Waals surface area contributed by atoms with Gasteiger partial charge in [0.1, 0.15) is 23.0 Å². The second-order valence-corrected chi connectivity index (χ2v) is 14.4. The van der Waals surface area contributed by atoms with Crippen molar-refractivity contribution in [2.75, 3.05) is 13.2 Å². The lowest BCUT2D eigenvalue weighted by atomic mass is 10.0. The number of hydrogen-bond donors (Lipinski definition) is 0. The number of nitrogens with zero attached hydrogens (tertiary/aromatic N) is 2. The van der Waals surface area contributed by atoms with E-state index in [1.165, 1.54) is 38.5 Å². The van der Waals surface area contributed by atoms with E-state index in [1.807, 2.05) is 91.9 Å². The summed E-state index contributed by atoms with van der Waals surface area (Å²) in [6.07, 6.45) is 12.9. The second kappa shape index (κ2) is 21.8. The van der Waals surface area contributed by atoms with Gasteiger partial charge in [-0.05, 0) is 138 Å². The fourth-order valence-corrected chi connectivity index (χ4v) is 6.33. The minimum atomic E-state index is -0.483. The smallest absolute Gasteiger partial charge is 0.343 e. The van der Waals surface area contributed by atoms with Crippen molar-refractivity contribution in [3.05, 3.63) is 155 Å². The monoisotopic (exact) mass is 788 g/mol. The third-order valence-electron chi connectivity index (χ3n) is 9.85. The zero-order valence-corrected chi connectivity index (χ0v) is 34.2. The van der Waals surface area contributed by atoms with Gasteiger partial charge in [0.15, 0.2) is 0 Å². The third-order valence-corrected chi connectivity index (χ3v) is 9.85. The summed E-state index contributed by atoms with van der Waals surface area (Å²) in [4.78, 5) is 35.4. The molecule has 0 aliphatic carbocycles. The molecule has 0 atom stereocenters. The second-order valence-electron chi connectivity index (χ2n) is 14.4. The number of ether oxygens (including phenoxy) is 4. The Bertz CT molecular complexity index is 2330. The Morgan fingerprint density at radius 3 is 1.46 bits per heavy atom. The molecule has 0 amide bonds. The standard InChI is InChI=1S/C51H52N2O6/c1-4-6-8-10-32-56-45-27-22-43(23-28-45)52-35-38-12-16-41(17-13-38)50(54)58-47-26-20-40-21-31-49(37(3)48(40)34-47)59-51(55)42-18-14-39(15-19-42)36-53-44-24-29-46(30-25-44)57-33-11-9-7-5-2/h12-31,34-36H,4-11,32-33H2,1-3H3. The summed E-state index contributed by atoms with van der Waals surface area (Å²) >= 11 is 0. The zero-order chi connectivity index (χ0) is 41.2. The molecule has 302 valence electrons. The van der Waals surface area contributed by atoms with E-state index in [2.05, 4.69) is 23.8 Å². The van der Waals surface area contributed by atoms with E-state index in [4.69, 9.17) is 18.9 Å². The maximum atomic E-state index is 13.2. The van der Waals surface area contributed by atoms with Crippen LogP contribution in [0, 0.1) is 6.92 Å². The lowest BCUT2D eigenvalue weighted by Crippen LogP contribution is -2.10. The Morgan fingerprint density at radius 1 is 0.508 bits per heavy atom. The van der Waals surface area contributed by atoms with Crippen molar-refractivity contribution in [3.63, 3.8) is 0 Å². The van der Waals surface area contributed by atoms with E-state index in [0.29, 0.717) is 22.6 Å². The van der Waals surface area contributed by atoms with Gasteiger partial charge in [-0.1, -0.05) is 88.8 Å². The molecule has 0 saturated heterocycles. The predicted octanol–water partition coefficient (Wildman–Crippen LogP) is 13.0. The van der Waals surface area contributed by atoms with Gasteiger partial charge < -0.3 is 18.9 Å². The van der Waals surface area contributed by atoms with Crippen molar-refractivity contribution >= 4 is 46.5 Å². The van der Waals surface area contributed by atoms with Crippen LogP contribution < -0.4 is 18.9 Å². The third kappa shape index (κ3) is 12.7. The molecule has 0 fully saturated rings. The number of aliphatic imine (C=N–C) groups is 2. The molecule has 0 N–H and O–H groups in total. The first kappa shape index (κ1) is 42.1. The Kier molecular flexibility index (Phi) is 15.6. The quantitative estimate of drug-likeness (QED) is 0.0331. The SMILES string of the molecule is CCCCCCOc1ccc(N=Cc2ccc(C(=O)Oc3ccc4ccc(OC(=O)c5ccc(C=Nc6ccc(OCCCCCC)cc6)cc5)c(C)c4c3)cc2)cc1. The summed E-state index contributed by atoms with van der Waals surface area (Å²) in [5.74, 6) is 1.52. The molecule has 0 aliphatic heterocycles. The molecular weight excluding hydrogens is 737 g/mol. The Labute approximate surface area is 347 Å². The van der Waals surface area contributed by atoms with E-state index >= 15 is 0 Å². The number of unbranched alkanes of at least 4 members (excludes halogenated alkanes) is 6. The molecule has 0 spiro atoms. The lowest BCUT2D eigenvalue weighted by Gasteiger charge is -2.12. The van der Waals surface area contributed by atoms with Gasteiger partial charge in [0, 0.05) is 12.4 Å². The fourth-order valence-electron chi connectivity index (χ4n) is 6.33. The molecule has 8 nitrogen and oxygen atoms in total. The first-order valence-electron chi connectivity index (χ1n) is 20.6. The van der Waals surface area contributed by atoms with Gasteiger partial charge in [-0.15, -0.1) is 0 Å². The van der Waals surface area contributed by atoms with Crippen LogP contribution in [-0.2, 0) is 0 Å². The first-order valence-corrected chi connectivity index (χ1v) is 20.6. The maximum absolute atomic E-state index is 13.2. The summed E-state index contributed by atoms with van der Waals surface area (Å²) in [5, 5.41) is 1.72. The number of carbonyl (C=O) groups is 2. The van der Waals surface area contributed by atoms with Crippen molar-refractivity contribution in [2.24, 2.45) is 9.98 Å². The average Bonchev–Trinajstić information content (AvgIpc) is 3.27. The topological polar surface area (TPSA) is 95.8 Å². The first-order chi connectivity index (χ1) is 28.9. The number of benzene rings is 6. The van der Waals surface area contributed by atoms with E-state index in [-0.39, 0.29) is 0 Å². The summed E-state index contributed by atoms with van der Waals surface area (Å²) in [7, 11) is 0. The van der Waals surface area contributed by atoms with Crippen LogP contribution in [0.15, 0.2) is 137 Å². The highest BCUT2D eigenvalue weighted by atomic mass is 16.5. The molecular formula is C51H52N2O6. The predicted molar refractivity (Wildman–Crippen MR) is 238 cm³/mol. The van der Waals surface area contributed by atoms with Crippen LogP contribution in [0.2, 0.25) is 0 Å². The van der Waals surface area contributed by atoms with Crippen LogP contribution in [-0.4, -0.2) is 37.6 Å². The minimum Gasteiger partial charge on any atom is -0.494 e.